The van der Waals surface area contributed by atoms with Crippen molar-refractivity contribution < 1.29 is 0 Å². The molecule has 0 radical (unpaired) electrons. The predicted molar refractivity (Wildman–Crippen MR) is 131 cm³/mol. The van der Waals surface area contributed by atoms with E-state index in [1.807, 2.05) is 18.2 Å². The van der Waals surface area contributed by atoms with Gasteiger partial charge in [0, 0.05) is 26.8 Å². The molecule has 0 fully saturated rings. The van der Waals surface area contributed by atoms with Gasteiger partial charge in [0.1, 0.15) is 11.3 Å². The van der Waals surface area contributed by atoms with Crippen LogP contribution in [0.2, 0.25) is 0 Å². The average Bonchev–Trinajstić information content (AvgIpc) is 3.36. The lowest BCUT2D eigenvalue weighted by atomic mass is 10.2. The Morgan fingerprint density at radius 3 is 1.81 bits per heavy atom. The number of hydrogen-bond donors (Lipinski definition) is 0. The van der Waals surface area contributed by atoms with Crippen molar-refractivity contribution in [3.05, 3.63) is 114 Å². The molecule has 2 aromatic heterocycles. The molecule has 6 aromatic rings. The monoisotopic (exact) mass is 463 g/mol. The molecule has 4 aromatic carbocycles. The van der Waals surface area contributed by atoms with Gasteiger partial charge in [-0.1, -0.05) is 88.7 Å². The van der Waals surface area contributed by atoms with Gasteiger partial charge >= 0.3 is 0 Å². The molecule has 148 valence electrons. The highest BCUT2D eigenvalue weighted by Gasteiger charge is 2.23. The van der Waals surface area contributed by atoms with E-state index >= 15 is 0 Å². The summed E-state index contributed by atoms with van der Waals surface area (Å²) in [5.41, 5.74) is 6.43. The Balaban J connectivity index is 1.84. The molecule has 0 bridgehead atoms. The topological polar surface area (TPSA) is 22.8 Å². The van der Waals surface area contributed by atoms with E-state index in [1.165, 1.54) is 0 Å². The van der Waals surface area contributed by atoms with E-state index in [0.29, 0.717) is 0 Å². The van der Waals surface area contributed by atoms with Crippen LogP contribution >= 0.6 is 15.9 Å². The number of imidazole rings is 1. The molecule has 31 heavy (non-hydrogen) atoms. The van der Waals surface area contributed by atoms with Crippen molar-refractivity contribution >= 4 is 38.0 Å². The zero-order valence-corrected chi connectivity index (χ0v) is 18.2. The maximum absolute atomic E-state index is 5.22. The lowest BCUT2D eigenvalue weighted by Gasteiger charge is -2.10. The molecular formula is C27H18BrN3. The van der Waals surface area contributed by atoms with Crippen molar-refractivity contribution in [3.63, 3.8) is 0 Å². The van der Waals surface area contributed by atoms with Crippen LogP contribution in [0.25, 0.3) is 44.8 Å². The van der Waals surface area contributed by atoms with E-state index in [1.54, 1.807) is 0 Å². The normalized spacial score (nSPS) is 11.4. The molecule has 0 aliphatic rings. The third-order valence-corrected chi connectivity index (χ3v) is 6.26. The maximum atomic E-state index is 5.22. The number of fused-ring (bicyclic) bond motifs is 3. The molecule has 0 atom stereocenters. The number of rotatable bonds is 3. The number of para-hydroxylation sites is 2. The van der Waals surface area contributed by atoms with Gasteiger partial charge in [-0.15, -0.1) is 0 Å². The molecule has 3 nitrogen and oxygen atoms in total. The van der Waals surface area contributed by atoms with Crippen molar-refractivity contribution in [3.8, 4) is 22.8 Å². The van der Waals surface area contributed by atoms with E-state index in [4.69, 9.17) is 4.98 Å². The second-order valence-electron chi connectivity index (χ2n) is 7.45. The lowest BCUT2D eigenvalue weighted by Crippen LogP contribution is -1.98. The fraction of sp³-hybridized carbons (Fsp3) is 0. The lowest BCUT2D eigenvalue weighted by molar-refractivity contribution is 1.10. The Labute approximate surface area is 188 Å². The Morgan fingerprint density at radius 2 is 1.16 bits per heavy atom. The van der Waals surface area contributed by atoms with Crippen molar-refractivity contribution in [1.29, 1.82) is 0 Å². The summed E-state index contributed by atoms with van der Waals surface area (Å²) < 4.78 is 5.58. The van der Waals surface area contributed by atoms with Crippen LogP contribution in [0.3, 0.4) is 0 Å². The summed E-state index contributed by atoms with van der Waals surface area (Å²) in [6, 6.07) is 37.6. The molecule has 0 aliphatic carbocycles. The van der Waals surface area contributed by atoms with Crippen LogP contribution < -0.4 is 0 Å². The Kier molecular flexibility index (Phi) is 4.25. The van der Waals surface area contributed by atoms with E-state index in [9.17, 15) is 0 Å². The van der Waals surface area contributed by atoms with Crippen LogP contribution in [-0.2, 0) is 0 Å². The molecule has 0 aliphatic heterocycles. The number of benzene rings is 4. The third kappa shape index (κ3) is 2.83. The van der Waals surface area contributed by atoms with Gasteiger partial charge in [0.25, 0.3) is 0 Å². The minimum absolute atomic E-state index is 0.930. The quantitative estimate of drug-likeness (QED) is 0.268. The van der Waals surface area contributed by atoms with Gasteiger partial charge in [-0.05, 0) is 36.4 Å². The van der Waals surface area contributed by atoms with Crippen LogP contribution in [-0.4, -0.2) is 14.1 Å². The molecule has 0 saturated carbocycles. The Bertz CT molecular complexity index is 1510. The summed E-state index contributed by atoms with van der Waals surface area (Å²) in [5.74, 6) is 0.930. The Hall–Kier alpha value is -3.63. The van der Waals surface area contributed by atoms with Crippen LogP contribution in [0.4, 0.5) is 0 Å². The van der Waals surface area contributed by atoms with E-state index in [2.05, 4.69) is 116 Å². The van der Waals surface area contributed by atoms with Gasteiger partial charge in [0.05, 0.1) is 5.52 Å². The standard InChI is InChI=1S/C27H18BrN3/c28-22-17-10-18-23-24(22)25-27(30(23)20-13-6-2-7-14-20)29-26(19-11-4-1-5-12-19)31(25)21-15-8-3-9-16-21/h1-18H. The fourth-order valence-corrected chi connectivity index (χ4v) is 4.83. The molecule has 6 rings (SSSR count). The summed E-state index contributed by atoms with van der Waals surface area (Å²) in [4.78, 5) is 5.22. The molecule has 0 saturated heterocycles. The number of nitrogens with zero attached hydrogens (tertiary/aromatic N) is 3. The predicted octanol–water partition coefficient (Wildman–Crippen LogP) is 7.40. The number of halogens is 1. The summed E-state index contributed by atoms with van der Waals surface area (Å²) in [6.07, 6.45) is 0. The zero-order valence-electron chi connectivity index (χ0n) is 16.6. The Morgan fingerprint density at radius 1 is 0.581 bits per heavy atom. The van der Waals surface area contributed by atoms with Crippen molar-refractivity contribution in [1.82, 2.24) is 14.1 Å². The largest absolute Gasteiger partial charge is 0.292 e. The summed E-state index contributed by atoms with van der Waals surface area (Å²) in [7, 11) is 0. The van der Waals surface area contributed by atoms with Gasteiger partial charge in [-0.3, -0.25) is 9.13 Å². The highest BCUT2D eigenvalue weighted by atomic mass is 79.9. The zero-order chi connectivity index (χ0) is 20.8. The SMILES string of the molecule is Brc1cccc2c1c1c(nc(-c3ccccc3)n1-c1ccccc1)n2-c1ccccc1. The molecular weight excluding hydrogens is 446 g/mol. The molecule has 2 heterocycles. The third-order valence-electron chi connectivity index (χ3n) is 5.60. The first-order valence-electron chi connectivity index (χ1n) is 10.2. The first kappa shape index (κ1) is 18.2. The van der Waals surface area contributed by atoms with E-state index in [-0.39, 0.29) is 0 Å². The summed E-state index contributed by atoms with van der Waals surface area (Å²) in [5, 5.41) is 1.15. The van der Waals surface area contributed by atoms with Crippen molar-refractivity contribution in [2.45, 2.75) is 0 Å². The van der Waals surface area contributed by atoms with Gasteiger partial charge in [0.15, 0.2) is 5.65 Å². The molecule has 0 amide bonds. The van der Waals surface area contributed by atoms with Crippen LogP contribution in [0.1, 0.15) is 0 Å². The maximum Gasteiger partial charge on any atom is 0.165 e. The van der Waals surface area contributed by atoms with Gasteiger partial charge in [0.2, 0.25) is 0 Å². The van der Waals surface area contributed by atoms with Crippen LogP contribution in [0, 0.1) is 0 Å². The average molecular weight is 464 g/mol. The second kappa shape index (κ2) is 7.25. The van der Waals surface area contributed by atoms with Crippen molar-refractivity contribution in [2.75, 3.05) is 0 Å². The molecule has 4 heteroatoms. The highest BCUT2D eigenvalue weighted by molar-refractivity contribution is 9.10. The van der Waals surface area contributed by atoms with Crippen molar-refractivity contribution in [2.24, 2.45) is 0 Å². The highest BCUT2D eigenvalue weighted by Crippen LogP contribution is 2.40. The fourth-order valence-electron chi connectivity index (χ4n) is 4.28. The van der Waals surface area contributed by atoms with E-state index in [0.717, 1.165) is 49.3 Å². The molecule has 0 unspecified atom stereocenters. The summed E-state index contributed by atoms with van der Waals surface area (Å²) in [6.45, 7) is 0. The second-order valence-corrected chi connectivity index (χ2v) is 8.30. The van der Waals surface area contributed by atoms with Crippen LogP contribution in [0.15, 0.2) is 114 Å². The molecule has 0 N–H and O–H groups in total. The van der Waals surface area contributed by atoms with Gasteiger partial charge in [-0.25, -0.2) is 4.98 Å². The van der Waals surface area contributed by atoms with Gasteiger partial charge < -0.3 is 0 Å². The van der Waals surface area contributed by atoms with E-state index < -0.39 is 0 Å². The van der Waals surface area contributed by atoms with Crippen LogP contribution in [0.5, 0.6) is 0 Å². The molecule has 0 spiro atoms. The minimum atomic E-state index is 0.930. The number of aromatic nitrogens is 3. The first-order chi connectivity index (χ1) is 15.3. The summed E-state index contributed by atoms with van der Waals surface area (Å²) >= 11 is 3.82. The first-order valence-corrected chi connectivity index (χ1v) is 11.0. The van der Waals surface area contributed by atoms with Gasteiger partial charge in [-0.2, -0.15) is 0 Å². The minimum Gasteiger partial charge on any atom is -0.292 e. The smallest absolute Gasteiger partial charge is 0.165 e. The number of hydrogen-bond acceptors (Lipinski definition) is 1.